The second-order valence-corrected chi connectivity index (χ2v) is 6.21. The van der Waals surface area contributed by atoms with E-state index in [1.807, 2.05) is 32.9 Å². The average molecular weight is 401 g/mol. The summed E-state index contributed by atoms with van der Waals surface area (Å²) in [7, 11) is 0. The quantitative estimate of drug-likeness (QED) is 0.683. The normalized spacial score (nSPS) is 10.5. The number of hydrogen-bond acceptors (Lipinski definition) is 2. The van der Waals surface area contributed by atoms with Crippen molar-refractivity contribution >= 4 is 3.36 Å². The van der Waals surface area contributed by atoms with Gasteiger partial charge in [-0.15, -0.1) is 12.0 Å². The zero-order valence-corrected chi connectivity index (χ0v) is 18.9. The molecule has 0 saturated carbocycles. The van der Waals surface area contributed by atoms with Crippen molar-refractivity contribution in [3.05, 3.63) is 36.6 Å². The molecule has 0 atom stereocenters. The van der Waals surface area contributed by atoms with Crippen molar-refractivity contribution < 1.29 is 24.2 Å². The van der Waals surface area contributed by atoms with Gasteiger partial charge in [0.25, 0.3) is 0 Å². The van der Waals surface area contributed by atoms with Gasteiger partial charge in [0.05, 0.1) is 0 Å². The Kier molecular flexibility index (Phi) is 39.9. The molecule has 3 nitrogen and oxygen atoms in total. The molecule has 0 radical (unpaired) electrons. The van der Waals surface area contributed by atoms with Crippen LogP contribution in [-0.2, 0) is 24.2 Å². The van der Waals surface area contributed by atoms with Crippen molar-refractivity contribution in [3.63, 3.8) is 0 Å². The molecule has 0 fully saturated rings. The maximum Gasteiger partial charge on any atom is -0.00775 e. The molecule has 1 rings (SSSR count). The molecular formula is C19H39N3Zr. The van der Waals surface area contributed by atoms with Crippen molar-refractivity contribution in [2.45, 2.75) is 60.4 Å². The van der Waals surface area contributed by atoms with Crippen LogP contribution in [-0.4, -0.2) is 35.1 Å². The van der Waals surface area contributed by atoms with Crippen LogP contribution in [0.1, 0.15) is 54.9 Å². The standard InChI is InChI=1S/C5H5.C4H10N.2C4H11N.C2H2.Zr/c1-2-4-5-3-1;1-4(2,3)5;2*1-3-5-4-2;1-2;/h1-3H,4H2;5H,1-3H3;2*5H,3-4H2,1-2H3;1H2;/q2*-1;;;;+2. The molecule has 0 spiro atoms. The smallest absolute Gasteiger partial charge is 0.00775 e. The summed E-state index contributed by atoms with van der Waals surface area (Å²) in [5.74, 6) is 0. The van der Waals surface area contributed by atoms with Gasteiger partial charge in [0.1, 0.15) is 0 Å². The van der Waals surface area contributed by atoms with E-state index in [0.717, 1.165) is 32.6 Å². The SMILES string of the molecule is C=[C]=[Zr+2].CC(C)(C)[NH-].CCNCC.CCNCC.[C-]1=CC=CC1. The van der Waals surface area contributed by atoms with Gasteiger partial charge in [0, 0.05) is 0 Å². The fourth-order valence-electron chi connectivity index (χ4n) is 0.840. The first kappa shape index (κ1) is 30.7. The number of allylic oxidation sites excluding steroid dienone is 4. The monoisotopic (exact) mass is 399 g/mol. The van der Waals surface area contributed by atoms with Crippen LogP contribution in [0, 0.1) is 6.08 Å². The Morgan fingerprint density at radius 3 is 1.43 bits per heavy atom. The molecular weight excluding hydrogens is 361 g/mol. The molecule has 0 bridgehead atoms. The fraction of sp³-hybridized carbons (Fsp3) is 0.684. The van der Waals surface area contributed by atoms with Crippen LogP contribution in [0.2, 0.25) is 0 Å². The Labute approximate surface area is 161 Å². The summed E-state index contributed by atoms with van der Waals surface area (Å²) in [6.07, 6.45) is 10.0. The van der Waals surface area contributed by atoms with E-state index >= 15 is 0 Å². The van der Waals surface area contributed by atoms with Gasteiger partial charge >= 0.3 is 34.2 Å². The second-order valence-electron chi connectivity index (χ2n) is 5.34. The molecule has 0 aliphatic heterocycles. The van der Waals surface area contributed by atoms with Gasteiger partial charge in [0.15, 0.2) is 0 Å². The van der Waals surface area contributed by atoms with Crippen molar-refractivity contribution in [2.24, 2.45) is 0 Å². The summed E-state index contributed by atoms with van der Waals surface area (Å²) >= 11 is 1.27. The summed E-state index contributed by atoms with van der Waals surface area (Å²) in [6, 6.07) is 0. The third kappa shape index (κ3) is 110. The van der Waals surface area contributed by atoms with Gasteiger partial charge in [-0.1, -0.05) is 48.5 Å². The van der Waals surface area contributed by atoms with Crippen LogP contribution in [0.3, 0.4) is 0 Å². The Morgan fingerprint density at radius 2 is 1.39 bits per heavy atom. The van der Waals surface area contributed by atoms with Gasteiger partial charge in [0.2, 0.25) is 0 Å². The zero-order valence-electron chi connectivity index (χ0n) is 16.5. The topological polar surface area (TPSA) is 47.9 Å². The maximum atomic E-state index is 6.94. The van der Waals surface area contributed by atoms with E-state index in [0.29, 0.717) is 0 Å². The molecule has 4 heteroatoms. The predicted octanol–water partition coefficient (Wildman–Crippen LogP) is 4.49. The van der Waals surface area contributed by atoms with Crippen molar-refractivity contribution in [1.29, 1.82) is 0 Å². The predicted molar refractivity (Wildman–Crippen MR) is 105 cm³/mol. The third-order valence-corrected chi connectivity index (χ3v) is 1.59. The van der Waals surface area contributed by atoms with E-state index < -0.39 is 0 Å². The third-order valence-electron chi connectivity index (χ3n) is 1.59. The van der Waals surface area contributed by atoms with Gasteiger partial charge in [-0.3, -0.25) is 6.08 Å². The van der Waals surface area contributed by atoms with Crippen LogP contribution < -0.4 is 10.6 Å². The van der Waals surface area contributed by atoms with E-state index in [9.17, 15) is 0 Å². The zero-order chi connectivity index (χ0) is 19.0. The largest absolute Gasteiger partial charge is 0.673 e. The van der Waals surface area contributed by atoms with Gasteiger partial charge in [-0.25, -0.2) is 12.2 Å². The summed E-state index contributed by atoms with van der Waals surface area (Å²) < 4.78 is 2.59. The van der Waals surface area contributed by atoms with E-state index in [4.69, 9.17) is 5.73 Å². The van der Waals surface area contributed by atoms with Crippen molar-refractivity contribution in [2.75, 3.05) is 26.2 Å². The molecule has 1 aliphatic rings. The number of nitrogens with one attached hydrogen (secondary N) is 3. The van der Waals surface area contributed by atoms with Crippen molar-refractivity contribution in [3.8, 4) is 0 Å². The molecule has 1 aliphatic carbocycles. The Bertz CT molecular complexity index is 247. The summed E-state index contributed by atoms with van der Waals surface area (Å²) in [5, 5.41) is 6.22. The molecule has 0 aromatic rings. The molecule has 3 N–H and O–H groups in total. The first-order valence-electron chi connectivity index (χ1n) is 8.31. The van der Waals surface area contributed by atoms with Crippen LogP contribution in [0.15, 0.2) is 24.8 Å². The second kappa shape index (κ2) is 29.8. The molecule has 0 aromatic heterocycles. The number of hydrogen-bond donors (Lipinski definition) is 2. The van der Waals surface area contributed by atoms with Crippen LogP contribution >= 0.6 is 0 Å². The minimum absolute atomic E-state index is 0.250. The van der Waals surface area contributed by atoms with Gasteiger partial charge < -0.3 is 16.4 Å². The van der Waals surface area contributed by atoms with Gasteiger partial charge in [-0.05, 0) is 26.2 Å². The van der Waals surface area contributed by atoms with E-state index in [1.54, 1.807) is 0 Å². The minimum Gasteiger partial charge on any atom is -0.673 e. The molecule has 0 saturated heterocycles. The van der Waals surface area contributed by atoms with Crippen LogP contribution in [0.4, 0.5) is 0 Å². The summed E-state index contributed by atoms with van der Waals surface area (Å²) in [6.45, 7) is 21.6. The van der Waals surface area contributed by atoms with Crippen molar-refractivity contribution in [1.82, 2.24) is 10.6 Å². The molecule has 0 heterocycles. The molecule has 0 unspecified atom stereocenters. The molecule has 0 amide bonds. The Balaban J connectivity index is -0.0000000992. The summed E-state index contributed by atoms with van der Waals surface area (Å²) in [5.41, 5.74) is 6.69. The number of rotatable bonds is 4. The maximum absolute atomic E-state index is 6.94. The van der Waals surface area contributed by atoms with E-state index in [2.05, 4.69) is 60.4 Å². The van der Waals surface area contributed by atoms with Crippen LogP contribution in [0.25, 0.3) is 5.73 Å². The first-order chi connectivity index (χ1) is 10.7. The first-order valence-corrected chi connectivity index (χ1v) is 9.54. The van der Waals surface area contributed by atoms with Gasteiger partial charge in [-0.2, -0.15) is 6.08 Å². The minimum atomic E-state index is -0.250. The average Bonchev–Trinajstić information content (AvgIpc) is 2.99. The molecule has 134 valence electrons. The van der Waals surface area contributed by atoms with E-state index in [-0.39, 0.29) is 5.54 Å². The fourth-order valence-corrected chi connectivity index (χ4v) is 0.840. The Morgan fingerprint density at radius 1 is 1.09 bits per heavy atom. The Hall–Kier alpha value is -0.107. The molecule has 0 aromatic carbocycles. The van der Waals surface area contributed by atoms with E-state index in [1.165, 1.54) is 24.2 Å². The summed E-state index contributed by atoms with van der Waals surface area (Å²) in [4.78, 5) is 0. The van der Waals surface area contributed by atoms with Crippen LogP contribution in [0.5, 0.6) is 0 Å². The molecule has 23 heavy (non-hydrogen) atoms.